The van der Waals surface area contributed by atoms with Gasteiger partial charge in [0.2, 0.25) is 5.69 Å². The maximum Gasteiger partial charge on any atom is 2.00 e. The van der Waals surface area contributed by atoms with Crippen molar-refractivity contribution in [3.63, 3.8) is 0 Å². The maximum atomic E-state index is 17.4. The number of aromatic nitrogens is 3. The predicted octanol–water partition coefficient (Wildman–Crippen LogP) is 11.1. The number of para-hydroxylation sites is 2. The first kappa shape index (κ1) is 28.4. The average Bonchev–Trinajstić information content (AvgIpc) is 3.75. The molecule has 0 aliphatic carbocycles. The van der Waals surface area contributed by atoms with Crippen LogP contribution in [-0.4, -0.2) is 20.5 Å². The molecule has 1 aliphatic rings. The molecule has 0 saturated carbocycles. The van der Waals surface area contributed by atoms with Crippen LogP contribution in [0.5, 0.6) is 0 Å². The third kappa shape index (κ3) is 6.37. The number of alkyl halides is 2. The second-order valence-corrected chi connectivity index (χ2v) is 15.0. The first-order valence-electron chi connectivity index (χ1n) is 20.4. The van der Waals surface area contributed by atoms with Gasteiger partial charge in [-0.25, -0.2) is 13.8 Å². The number of pyridine rings is 2. The van der Waals surface area contributed by atoms with E-state index in [-0.39, 0.29) is 55.1 Å². The summed E-state index contributed by atoms with van der Waals surface area (Å²) in [4.78, 5) is 8.99. The summed E-state index contributed by atoms with van der Waals surface area (Å²) in [5, 5.41) is 1.49. The number of nitrogens with zero attached hydrogens (tertiary/aromatic N) is 5. The molecule has 0 bridgehead atoms. The number of benzene rings is 4. The second-order valence-electron chi connectivity index (χ2n) is 15.0. The van der Waals surface area contributed by atoms with Gasteiger partial charge < -0.3 is 4.57 Å². The third-order valence-corrected chi connectivity index (χ3v) is 9.38. The Morgan fingerprint density at radius 2 is 1.49 bits per heavy atom. The molecule has 7 aromatic rings. The van der Waals surface area contributed by atoms with Gasteiger partial charge in [0.15, 0.2) is 0 Å². The Morgan fingerprint density at radius 3 is 2.19 bits per heavy atom. The zero-order valence-electron chi connectivity index (χ0n) is 36.9. The zero-order chi connectivity index (χ0) is 42.6. The summed E-state index contributed by atoms with van der Waals surface area (Å²) in [6.45, 7) is 9.53. The smallest absolute Gasteiger partial charge is 0.318 e. The number of aryl methyl sites for hydroxylation is 1. The minimum absolute atomic E-state index is 0. The molecule has 53 heavy (non-hydrogen) atoms. The van der Waals surface area contributed by atoms with Crippen LogP contribution in [0.2, 0.25) is 0 Å². The average molecular weight is 890 g/mol. The van der Waals surface area contributed by atoms with E-state index < -0.39 is 47.4 Å². The Kier molecular flexibility index (Phi) is 7.02. The van der Waals surface area contributed by atoms with Crippen molar-refractivity contribution < 1.29 is 39.4 Å². The van der Waals surface area contributed by atoms with Crippen molar-refractivity contribution in [3.8, 4) is 5.82 Å². The van der Waals surface area contributed by atoms with E-state index in [0.717, 1.165) is 10.9 Å². The normalized spacial score (nSPS) is 15.3. The fourth-order valence-electron chi connectivity index (χ4n) is 6.43. The van der Waals surface area contributed by atoms with Crippen molar-refractivity contribution in [2.75, 3.05) is 0 Å². The summed E-state index contributed by atoms with van der Waals surface area (Å²) in [6, 6.07) is 24.8. The van der Waals surface area contributed by atoms with E-state index in [1.54, 1.807) is 35.3 Å². The fourth-order valence-corrected chi connectivity index (χ4v) is 6.43. The molecule has 4 aromatic carbocycles. The molecule has 0 unspecified atom stereocenters. The SMILES string of the molecule is [2H]c1c([2H])c([2H])c2c(c1[2H])[N+](c1[c-]c(C(F)(F)c3[c-]c4c(cc3)c3ccncc3n4-c3cc(C(C)(C)C)ccn3)cc(C(C)(C)C)c1)=C=[N+]2c1ccc(C([2H])([2H])[2H])cc1.[Pt+2]. The van der Waals surface area contributed by atoms with Crippen LogP contribution < -0.4 is 9.15 Å². The molecule has 0 radical (unpaired) electrons. The van der Waals surface area contributed by atoms with E-state index in [2.05, 4.69) is 48.9 Å². The summed E-state index contributed by atoms with van der Waals surface area (Å²) in [7, 11) is 0. The van der Waals surface area contributed by atoms with E-state index in [9.17, 15) is 0 Å². The monoisotopic (exact) mass is 889 g/mol. The summed E-state index contributed by atoms with van der Waals surface area (Å²) >= 11 is 0. The topological polar surface area (TPSA) is 36.7 Å². The maximum absolute atomic E-state index is 17.4. The number of hydrogen-bond donors (Lipinski definition) is 0. The van der Waals surface area contributed by atoms with E-state index >= 15 is 8.78 Å². The molecule has 0 N–H and O–H groups in total. The van der Waals surface area contributed by atoms with E-state index in [1.165, 1.54) is 45.5 Å². The molecule has 5 nitrogen and oxygen atoms in total. The van der Waals surface area contributed by atoms with Crippen LogP contribution in [0.15, 0.2) is 109 Å². The Labute approximate surface area is 333 Å². The molecular formula is C45H39F2N5Pt+2. The largest absolute Gasteiger partial charge is 2.00 e. The quantitative estimate of drug-likeness (QED) is 0.128. The minimum atomic E-state index is -3.67. The molecule has 8 heteroatoms. The van der Waals surface area contributed by atoms with E-state index in [1.807, 2.05) is 39.0 Å². The van der Waals surface area contributed by atoms with Gasteiger partial charge in [-0.15, -0.1) is 17.0 Å². The third-order valence-electron chi connectivity index (χ3n) is 9.38. The molecular weight excluding hydrogens is 844 g/mol. The van der Waals surface area contributed by atoms with E-state index in [4.69, 9.17) is 9.60 Å². The summed E-state index contributed by atoms with van der Waals surface area (Å²) in [5.41, 5.74) is 1.30. The van der Waals surface area contributed by atoms with Gasteiger partial charge in [0.1, 0.15) is 11.5 Å². The van der Waals surface area contributed by atoms with Crippen molar-refractivity contribution in [3.05, 3.63) is 149 Å². The Morgan fingerprint density at radius 1 is 0.774 bits per heavy atom. The molecule has 1 aliphatic heterocycles. The molecule has 0 amide bonds. The van der Waals surface area contributed by atoms with Gasteiger partial charge >= 0.3 is 27.1 Å². The minimum Gasteiger partial charge on any atom is -0.318 e. The molecule has 0 fully saturated rings. The van der Waals surface area contributed by atoms with Gasteiger partial charge in [0.05, 0.1) is 17.2 Å². The van der Waals surface area contributed by atoms with Gasteiger partial charge in [-0.05, 0) is 51.4 Å². The van der Waals surface area contributed by atoms with Crippen molar-refractivity contribution in [2.45, 2.75) is 65.1 Å². The van der Waals surface area contributed by atoms with Crippen LogP contribution in [0.3, 0.4) is 0 Å². The van der Waals surface area contributed by atoms with Crippen LogP contribution in [0.1, 0.15) is 79.0 Å². The van der Waals surface area contributed by atoms with Gasteiger partial charge in [0.25, 0.3) is 17.3 Å². The first-order chi connectivity index (χ1) is 27.6. The van der Waals surface area contributed by atoms with Crippen molar-refractivity contribution in [1.29, 1.82) is 0 Å². The summed E-state index contributed by atoms with van der Waals surface area (Å²) < 4.78 is 97.4. The Hall–Kier alpha value is -5.09. The summed E-state index contributed by atoms with van der Waals surface area (Å²) in [6.07, 6.45) is 5.04. The number of hydrogen-bond acceptors (Lipinski definition) is 2. The van der Waals surface area contributed by atoms with Crippen molar-refractivity contribution in [1.82, 2.24) is 23.7 Å². The molecule has 4 heterocycles. The molecule has 0 saturated heterocycles. The molecule has 0 spiro atoms. The molecule has 3 aromatic heterocycles. The zero-order valence-corrected chi connectivity index (χ0v) is 32.2. The summed E-state index contributed by atoms with van der Waals surface area (Å²) in [5.74, 6) is -3.14. The van der Waals surface area contributed by atoms with Crippen LogP contribution in [0.25, 0.3) is 27.6 Å². The van der Waals surface area contributed by atoms with Crippen LogP contribution in [0, 0.1) is 19.0 Å². The molecule has 266 valence electrons. The standard InChI is InChI=1S/C45H39F2N5.Pt/c1-29-12-15-34(16-13-29)50-28-51(39-11-9-8-10-38(39)50)35-23-32(44(5,6)7)22-33(24-35)45(46,47)31-14-17-36-37-19-20-48-27-41(37)52(40(36)25-31)42-26-30(18-21-49-42)43(2,3)4;/h8-23,26-27H,1-7H3;/q;+2/i1D3,8D,9D,10D,11D;. The Balaban J connectivity index is 0.00000544. The van der Waals surface area contributed by atoms with Crippen LogP contribution >= 0.6 is 0 Å². The van der Waals surface area contributed by atoms with Gasteiger partial charge in [-0.2, -0.15) is 18.2 Å². The molecule has 8 rings (SSSR count). The number of fused-ring (bicyclic) bond motifs is 4. The van der Waals surface area contributed by atoms with Crippen molar-refractivity contribution >= 4 is 50.6 Å². The van der Waals surface area contributed by atoms with Gasteiger partial charge in [-0.3, -0.25) is 4.98 Å². The van der Waals surface area contributed by atoms with Gasteiger partial charge in [0, 0.05) is 40.7 Å². The number of rotatable bonds is 5. The number of halogens is 2. The van der Waals surface area contributed by atoms with E-state index in [0.29, 0.717) is 33.5 Å². The first-order valence-corrected chi connectivity index (χ1v) is 16.9. The molecule has 0 atom stereocenters. The van der Waals surface area contributed by atoms with Crippen molar-refractivity contribution in [2.24, 2.45) is 0 Å². The Bertz CT molecular complexity index is 2960. The van der Waals surface area contributed by atoms with Crippen LogP contribution in [0.4, 0.5) is 31.5 Å². The second kappa shape index (κ2) is 13.1. The predicted molar refractivity (Wildman–Crippen MR) is 206 cm³/mol. The van der Waals surface area contributed by atoms with Crippen LogP contribution in [-0.2, 0) is 37.8 Å². The fraction of sp³-hybridized carbons (Fsp3) is 0.222. The van der Waals surface area contributed by atoms with Gasteiger partial charge in [-0.1, -0.05) is 105 Å².